The Labute approximate surface area is 103 Å². The van der Waals surface area contributed by atoms with Gasteiger partial charge in [-0.15, -0.1) is 0 Å². The number of amides is 3. The highest BCUT2D eigenvalue weighted by Crippen LogP contribution is 2.19. The number of nitrogens with two attached hydrogens (primary N) is 1. The van der Waals surface area contributed by atoms with Crippen LogP contribution in [0.4, 0.5) is 0 Å². The predicted molar refractivity (Wildman–Crippen MR) is 61.4 cm³/mol. The highest BCUT2D eigenvalue weighted by atomic mass is 16.3. The molecule has 1 heterocycles. The number of aliphatic hydroxyl groups excluding tert-OH is 1. The Morgan fingerprint density at radius 3 is 2.72 bits per heavy atom. The zero-order valence-electron chi connectivity index (χ0n) is 9.50. The molecule has 6 nitrogen and oxygen atoms in total. The van der Waals surface area contributed by atoms with Gasteiger partial charge in [-0.05, 0) is 11.6 Å². The van der Waals surface area contributed by atoms with Crippen LogP contribution in [-0.4, -0.2) is 40.4 Å². The lowest BCUT2D eigenvalue weighted by Crippen LogP contribution is -2.48. The SMILES string of the molecule is NC(=O)C(O)CN1C(=O)Cc2ccccc2C1=O. The van der Waals surface area contributed by atoms with Crippen LogP contribution >= 0.6 is 0 Å². The quantitative estimate of drug-likeness (QED) is 0.674. The summed E-state index contributed by atoms with van der Waals surface area (Å²) in [5.74, 6) is -1.92. The van der Waals surface area contributed by atoms with Crippen molar-refractivity contribution in [1.29, 1.82) is 0 Å². The summed E-state index contributed by atoms with van der Waals surface area (Å²) >= 11 is 0. The molecule has 6 heteroatoms. The van der Waals surface area contributed by atoms with Gasteiger partial charge in [0, 0.05) is 5.56 Å². The van der Waals surface area contributed by atoms with Crippen LogP contribution in [0.25, 0.3) is 0 Å². The molecule has 2 rings (SSSR count). The minimum Gasteiger partial charge on any atom is -0.381 e. The number of hydrogen-bond acceptors (Lipinski definition) is 4. The number of carbonyl (C=O) groups is 3. The minimum absolute atomic E-state index is 0.0768. The van der Waals surface area contributed by atoms with Gasteiger partial charge in [-0.1, -0.05) is 18.2 Å². The van der Waals surface area contributed by atoms with Crippen LogP contribution < -0.4 is 5.73 Å². The molecular formula is C12H12N2O4. The fourth-order valence-corrected chi connectivity index (χ4v) is 1.85. The molecule has 1 aliphatic heterocycles. The number of fused-ring (bicyclic) bond motifs is 1. The van der Waals surface area contributed by atoms with Crippen molar-refractivity contribution in [3.63, 3.8) is 0 Å². The average molecular weight is 248 g/mol. The van der Waals surface area contributed by atoms with Gasteiger partial charge in [-0.3, -0.25) is 19.3 Å². The average Bonchev–Trinajstić information content (AvgIpc) is 2.34. The molecule has 0 spiro atoms. The van der Waals surface area contributed by atoms with Gasteiger partial charge >= 0.3 is 0 Å². The third kappa shape index (κ3) is 2.10. The summed E-state index contributed by atoms with van der Waals surface area (Å²) in [6, 6.07) is 6.74. The normalized spacial score (nSPS) is 16.4. The Kier molecular flexibility index (Phi) is 3.12. The third-order valence-electron chi connectivity index (χ3n) is 2.82. The number of aliphatic hydroxyl groups is 1. The lowest BCUT2D eigenvalue weighted by atomic mass is 9.98. The molecule has 0 saturated heterocycles. The van der Waals surface area contributed by atoms with E-state index in [9.17, 15) is 19.5 Å². The monoisotopic (exact) mass is 248 g/mol. The second-order valence-corrected chi connectivity index (χ2v) is 4.06. The van der Waals surface area contributed by atoms with E-state index in [2.05, 4.69) is 0 Å². The van der Waals surface area contributed by atoms with Crippen molar-refractivity contribution in [2.75, 3.05) is 6.54 Å². The van der Waals surface area contributed by atoms with Crippen molar-refractivity contribution >= 4 is 17.7 Å². The van der Waals surface area contributed by atoms with Gasteiger partial charge in [0.05, 0.1) is 13.0 Å². The summed E-state index contributed by atoms with van der Waals surface area (Å²) in [6.45, 7) is -0.401. The van der Waals surface area contributed by atoms with E-state index in [-0.39, 0.29) is 6.42 Å². The number of imide groups is 1. The molecule has 18 heavy (non-hydrogen) atoms. The molecule has 0 saturated carbocycles. The van der Waals surface area contributed by atoms with E-state index in [0.717, 1.165) is 4.90 Å². The Hall–Kier alpha value is -2.21. The van der Waals surface area contributed by atoms with Gasteiger partial charge in [0.25, 0.3) is 5.91 Å². The molecule has 1 atom stereocenters. The van der Waals surface area contributed by atoms with Crippen LogP contribution in [0.3, 0.4) is 0 Å². The number of β-amino-alcohol motifs (C(OH)–C–C–N with tert-alkyl or cyclic N) is 1. The van der Waals surface area contributed by atoms with Crippen molar-refractivity contribution in [2.24, 2.45) is 5.73 Å². The summed E-state index contributed by atoms with van der Waals surface area (Å²) in [6.07, 6.45) is -1.46. The predicted octanol–water partition coefficient (Wildman–Crippen LogP) is -0.942. The molecule has 3 N–H and O–H groups in total. The maximum Gasteiger partial charge on any atom is 0.260 e. The maximum absolute atomic E-state index is 12.0. The van der Waals surface area contributed by atoms with Crippen molar-refractivity contribution in [3.8, 4) is 0 Å². The topological polar surface area (TPSA) is 101 Å². The molecule has 0 aromatic heterocycles. The van der Waals surface area contributed by atoms with Crippen LogP contribution in [0.2, 0.25) is 0 Å². The summed E-state index contributed by atoms with van der Waals surface area (Å²) < 4.78 is 0. The van der Waals surface area contributed by atoms with Crippen molar-refractivity contribution in [2.45, 2.75) is 12.5 Å². The largest absolute Gasteiger partial charge is 0.381 e. The zero-order chi connectivity index (χ0) is 13.3. The van der Waals surface area contributed by atoms with Crippen LogP contribution in [0, 0.1) is 0 Å². The zero-order valence-corrected chi connectivity index (χ0v) is 9.50. The van der Waals surface area contributed by atoms with Gasteiger partial charge in [-0.25, -0.2) is 0 Å². The first-order valence-electron chi connectivity index (χ1n) is 5.40. The number of nitrogens with zero attached hydrogens (tertiary/aromatic N) is 1. The fraction of sp³-hybridized carbons (Fsp3) is 0.250. The molecule has 0 radical (unpaired) electrons. The van der Waals surface area contributed by atoms with Gasteiger partial charge < -0.3 is 10.8 Å². The van der Waals surface area contributed by atoms with E-state index in [1.54, 1.807) is 24.3 Å². The van der Waals surface area contributed by atoms with Crippen LogP contribution in [-0.2, 0) is 16.0 Å². The van der Waals surface area contributed by atoms with Crippen LogP contribution in [0.1, 0.15) is 15.9 Å². The van der Waals surface area contributed by atoms with E-state index in [0.29, 0.717) is 11.1 Å². The lowest BCUT2D eigenvalue weighted by molar-refractivity contribution is -0.132. The first-order chi connectivity index (χ1) is 8.50. The van der Waals surface area contributed by atoms with Crippen molar-refractivity contribution in [3.05, 3.63) is 35.4 Å². The Morgan fingerprint density at radius 1 is 1.39 bits per heavy atom. The third-order valence-corrected chi connectivity index (χ3v) is 2.82. The molecule has 3 amide bonds. The fourth-order valence-electron chi connectivity index (χ4n) is 1.85. The highest BCUT2D eigenvalue weighted by molar-refractivity contribution is 6.09. The van der Waals surface area contributed by atoms with E-state index < -0.39 is 30.4 Å². The standard InChI is InChI=1S/C12H12N2O4/c13-11(17)9(15)6-14-10(16)5-7-3-1-2-4-8(7)12(14)18/h1-4,9,15H,5-6H2,(H2,13,17). The smallest absolute Gasteiger partial charge is 0.260 e. The second kappa shape index (κ2) is 4.58. The highest BCUT2D eigenvalue weighted by Gasteiger charge is 2.32. The number of carbonyl (C=O) groups excluding carboxylic acids is 3. The van der Waals surface area contributed by atoms with E-state index >= 15 is 0 Å². The number of benzene rings is 1. The van der Waals surface area contributed by atoms with E-state index in [1.807, 2.05) is 0 Å². The lowest BCUT2D eigenvalue weighted by Gasteiger charge is -2.27. The van der Waals surface area contributed by atoms with Gasteiger partial charge in [0.2, 0.25) is 11.8 Å². The maximum atomic E-state index is 12.0. The van der Waals surface area contributed by atoms with Gasteiger partial charge in [0.1, 0.15) is 0 Å². The van der Waals surface area contributed by atoms with Crippen LogP contribution in [0.15, 0.2) is 24.3 Å². The molecule has 1 aromatic rings. The summed E-state index contributed by atoms with van der Waals surface area (Å²) in [7, 11) is 0. The molecule has 0 bridgehead atoms. The molecule has 1 aliphatic rings. The number of hydrogen-bond donors (Lipinski definition) is 2. The van der Waals surface area contributed by atoms with Gasteiger partial charge in [0.15, 0.2) is 6.10 Å². The summed E-state index contributed by atoms with van der Waals surface area (Å²) in [5, 5.41) is 9.34. The molecule has 1 aromatic carbocycles. The first-order valence-corrected chi connectivity index (χ1v) is 5.40. The Balaban J connectivity index is 2.27. The summed E-state index contributed by atoms with van der Waals surface area (Å²) in [5.41, 5.74) is 5.96. The minimum atomic E-state index is -1.54. The number of rotatable bonds is 3. The molecule has 0 fully saturated rings. The Bertz CT molecular complexity index is 527. The molecule has 1 unspecified atom stereocenters. The second-order valence-electron chi connectivity index (χ2n) is 4.06. The van der Waals surface area contributed by atoms with Crippen molar-refractivity contribution < 1.29 is 19.5 Å². The Morgan fingerprint density at radius 2 is 2.06 bits per heavy atom. The summed E-state index contributed by atoms with van der Waals surface area (Å²) in [4.78, 5) is 35.4. The first kappa shape index (κ1) is 12.3. The number of primary amides is 1. The molecule has 94 valence electrons. The molecular weight excluding hydrogens is 236 g/mol. The van der Waals surface area contributed by atoms with E-state index in [4.69, 9.17) is 5.73 Å². The molecule has 0 aliphatic carbocycles. The van der Waals surface area contributed by atoms with Crippen LogP contribution in [0.5, 0.6) is 0 Å². The van der Waals surface area contributed by atoms with Crippen molar-refractivity contribution in [1.82, 2.24) is 4.90 Å². The van der Waals surface area contributed by atoms with E-state index in [1.165, 1.54) is 0 Å². The van der Waals surface area contributed by atoms with Gasteiger partial charge in [-0.2, -0.15) is 0 Å².